The molecule has 0 heterocycles. The van der Waals surface area contributed by atoms with E-state index >= 15 is 0 Å². The van der Waals surface area contributed by atoms with Gasteiger partial charge in [-0.15, -0.1) is 0 Å². The van der Waals surface area contributed by atoms with E-state index in [1.807, 2.05) is 36.4 Å². The highest BCUT2D eigenvalue weighted by Gasteiger charge is 2.17. The second-order valence-corrected chi connectivity index (χ2v) is 5.75. The summed E-state index contributed by atoms with van der Waals surface area (Å²) < 4.78 is 0. The van der Waals surface area contributed by atoms with Crippen molar-refractivity contribution in [2.24, 2.45) is 0 Å². The molecular weight excluding hydrogens is 280 g/mol. The topological polar surface area (TPSA) is 17.1 Å². The number of hydrogen-bond acceptors (Lipinski definition) is 1. The van der Waals surface area contributed by atoms with Crippen LogP contribution in [0.1, 0.15) is 17.0 Å². The number of benzene rings is 4. The minimum atomic E-state index is -0.257. The van der Waals surface area contributed by atoms with Crippen LogP contribution in [0.25, 0.3) is 21.5 Å². The largest absolute Gasteiger partial charge is 0.302 e. The van der Waals surface area contributed by atoms with Gasteiger partial charge >= 0.3 is 0 Å². The summed E-state index contributed by atoms with van der Waals surface area (Å²) in [6.07, 6.45) is 1.06. The Hall–Kier alpha value is -2.93. The number of hydrogen-bond donors (Lipinski definition) is 0. The van der Waals surface area contributed by atoms with E-state index in [1.54, 1.807) is 0 Å². The number of carbonyl (C=O) groups excluding carboxylic acids is 1. The van der Waals surface area contributed by atoms with E-state index in [0.717, 1.165) is 39.0 Å². The van der Waals surface area contributed by atoms with Crippen molar-refractivity contribution in [1.29, 1.82) is 0 Å². The first-order valence-corrected chi connectivity index (χ1v) is 7.79. The second-order valence-electron chi connectivity index (χ2n) is 5.75. The SMILES string of the molecule is O=CC(c1cccc2ccccc12)c1cccc2ccccc12. The van der Waals surface area contributed by atoms with Crippen molar-refractivity contribution in [1.82, 2.24) is 0 Å². The van der Waals surface area contributed by atoms with Crippen molar-refractivity contribution >= 4 is 27.8 Å². The minimum absolute atomic E-state index is 0.257. The van der Waals surface area contributed by atoms with E-state index in [2.05, 4.69) is 48.5 Å². The van der Waals surface area contributed by atoms with Crippen LogP contribution < -0.4 is 0 Å². The molecule has 0 aliphatic rings. The van der Waals surface area contributed by atoms with Crippen LogP contribution in [0.15, 0.2) is 84.9 Å². The van der Waals surface area contributed by atoms with Crippen molar-refractivity contribution < 1.29 is 4.79 Å². The third-order valence-corrected chi connectivity index (χ3v) is 4.45. The van der Waals surface area contributed by atoms with Gasteiger partial charge in [0.25, 0.3) is 0 Å². The first-order chi connectivity index (χ1) is 11.4. The summed E-state index contributed by atoms with van der Waals surface area (Å²) in [6.45, 7) is 0. The van der Waals surface area contributed by atoms with E-state index in [1.165, 1.54) is 0 Å². The van der Waals surface area contributed by atoms with Gasteiger partial charge in [0.2, 0.25) is 0 Å². The maximum atomic E-state index is 12.0. The molecule has 0 atom stereocenters. The smallest absolute Gasteiger partial charge is 0.131 e. The normalized spacial score (nSPS) is 11.2. The van der Waals surface area contributed by atoms with Crippen LogP contribution in [0.2, 0.25) is 0 Å². The number of aldehydes is 1. The zero-order valence-corrected chi connectivity index (χ0v) is 12.6. The van der Waals surface area contributed by atoms with Crippen LogP contribution in [-0.4, -0.2) is 6.29 Å². The Balaban J connectivity index is 1.99. The van der Waals surface area contributed by atoms with Gasteiger partial charge < -0.3 is 4.79 Å². The molecule has 110 valence electrons. The summed E-state index contributed by atoms with van der Waals surface area (Å²) in [5.74, 6) is -0.257. The average molecular weight is 296 g/mol. The van der Waals surface area contributed by atoms with E-state index in [4.69, 9.17) is 0 Å². The lowest BCUT2D eigenvalue weighted by atomic mass is 9.86. The summed E-state index contributed by atoms with van der Waals surface area (Å²) >= 11 is 0. The van der Waals surface area contributed by atoms with Crippen molar-refractivity contribution in [3.05, 3.63) is 96.1 Å². The quantitative estimate of drug-likeness (QED) is 0.467. The molecule has 1 heteroatoms. The summed E-state index contributed by atoms with van der Waals surface area (Å²) in [4.78, 5) is 12.0. The van der Waals surface area contributed by atoms with Gasteiger partial charge in [0.05, 0.1) is 5.92 Å². The van der Waals surface area contributed by atoms with Gasteiger partial charge in [-0.1, -0.05) is 84.9 Å². The van der Waals surface area contributed by atoms with Crippen molar-refractivity contribution in [2.45, 2.75) is 5.92 Å². The Labute approximate surface area is 135 Å². The molecule has 0 saturated carbocycles. The summed E-state index contributed by atoms with van der Waals surface area (Å²) in [7, 11) is 0. The Morgan fingerprint density at radius 3 is 1.48 bits per heavy atom. The lowest BCUT2D eigenvalue weighted by molar-refractivity contribution is -0.108. The van der Waals surface area contributed by atoms with Gasteiger partial charge in [-0.05, 0) is 32.7 Å². The van der Waals surface area contributed by atoms with Gasteiger partial charge in [0.1, 0.15) is 6.29 Å². The van der Waals surface area contributed by atoms with E-state index in [-0.39, 0.29) is 5.92 Å². The van der Waals surface area contributed by atoms with Gasteiger partial charge in [0, 0.05) is 0 Å². The molecule has 4 aromatic rings. The number of rotatable bonds is 3. The molecule has 0 bridgehead atoms. The summed E-state index contributed by atoms with van der Waals surface area (Å²) in [5.41, 5.74) is 2.13. The molecular formula is C22H16O. The molecule has 0 aliphatic carbocycles. The fraction of sp³-hybridized carbons (Fsp3) is 0.0455. The van der Waals surface area contributed by atoms with Gasteiger partial charge in [-0.25, -0.2) is 0 Å². The Morgan fingerprint density at radius 2 is 1.00 bits per heavy atom. The predicted molar refractivity (Wildman–Crippen MR) is 95.8 cm³/mol. The lowest BCUT2D eigenvalue weighted by Gasteiger charge is -2.16. The highest BCUT2D eigenvalue weighted by Crippen LogP contribution is 2.33. The average Bonchev–Trinajstić information content (AvgIpc) is 2.63. The van der Waals surface area contributed by atoms with Gasteiger partial charge in [0.15, 0.2) is 0 Å². The van der Waals surface area contributed by atoms with Crippen molar-refractivity contribution in [3.63, 3.8) is 0 Å². The van der Waals surface area contributed by atoms with E-state index in [9.17, 15) is 4.79 Å². The van der Waals surface area contributed by atoms with Crippen molar-refractivity contribution in [2.75, 3.05) is 0 Å². The first-order valence-electron chi connectivity index (χ1n) is 7.79. The Bertz CT molecular complexity index is 911. The van der Waals surface area contributed by atoms with Crippen molar-refractivity contribution in [3.8, 4) is 0 Å². The lowest BCUT2D eigenvalue weighted by Crippen LogP contribution is -2.04. The fourth-order valence-corrected chi connectivity index (χ4v) is 3.36. The molecule has 1 nitrogen and oxygen atoms in total. The predicted octanol–water partition coefficient (Wildman–Crippen LogP) is 5.32. The van der Waals surface area contributed by atoms with Gasteiger partial charge in [-0.2, -0.15) is 0 Å². The molecule has 0 spiro atoms. The van der Waals surface area contributed by atoms with Gasteiger partial charge in [-0.3, -0.25) is 0 Å². The fourth-order valence-electron chi connectivity index (χ4n) is 3.36. The van der Waals surface area contributed by atoms with E-state index in [0.29, 0.717) is 0 Å². The Kier molecular flexibility index (Phi) is 3.39. The molecule has 0 fully saturated rings. The molecule has 0 aliphatic heterocycles. The maximum absolute atomic E-state index is 12.0. The third kappa shape index (κ3) is 2.31. The third-order valence-electron chi connectivity index (χ3n) is 4.45. The molecule has 0 saturated heterocycles. The summed E-state index contributed by atoms with van der Waals surface area (Å²) in [6, 6.07) is 28.8. The van der Waals surface area contributed by atoms with Crippen LogP contribution in [0, 0.1) is 0 Å². The van der Waals surface area contributed by atoms with E-state index < -0.39 is 0 Å². The van der Waals surface area contributed by atoms with Crippen LogP contribution in [0.3, 0.4) is 0 Å². The first kappa shape index (κ1) is 13.7. The van der Waals surface area contributed by atoms with Crippen LogP contribution in [0.5, 0.6) is 0 Å². The molecule has 0 radical (unpaired) electrons. The molecule has 4 rings (SSSR count). The minimum Gasteiger partial charge on any atom is -0.302 e. The maximum Gasteiger partial charge on any atom is 0.131 e. The van der Waals surface area contributed by atoms with Crippen LogP contribution >= 0.6 is 0 Å². The number of carbonyl (C=O) groups is 1. The molecule has 4 aromatic carbocycles. The molecule has 0 amide bonds. The monoisotopic (exact) mass is 296 g/mol. The highest BCUT2D eigenvalue weighted by atomic mass is 16.1. The number of fused-ring (bicyclic) bond motifs is 2. The van der Waals surface area contributed by atoms with Crippen LogP contribution in [0.4, 0.5) is 0 Å². The molecule has 0 aromatic heterocycles. The summed E-state index contributed by atoms with van der Waals surface area (Å²) in [5, 5.41) is 4.61. The zero-order valence-electron chi connectivity index (χ0n) is 12.6. The second kappa shape index (κ2) is 5.69. The zero-order chi connectivity index (χ0) is 15.6. The highest BCUT2D eigenvalue weighted by molar-refractivity contribution is 5.94. The Morgan fingerprint density at radius 1 is 0.565 bits per heavy atom. The molecule has 0 unspecified atom stereocenters. The molecule has 0 N–H and O–H groups in total. The molecule has 23 heavy (non-hydrogen) atoms. The van der Waals surface area contributed by atoms with Crippen LogP contribution in [-0.2, 0) is 4.79 Å². The standard InChI is InChI=1S/C22H16O/c23-15-22(20-13-5-9-16-7-1-3-11-18(16)20)21-14-6-10-17-8-2-4-12-19(17)21/h1-15,22H.